The quantitative estimate of drug-likeness (QED) is 0.422. The molecule has 37 heavy (non-hydrogen) atoms. The normalized spacial score (nSPS) is 38.8. The van der Waals surface area contributed by atoms with E-state index in [4.69, 9.17) is 4.74 Å². The molecule has 0 saturated heterocycles. The molecule has 3 fully saturated rings. The van der Waals surface area contributed by atoms with E-state index in [1.807, 2.05) is 20.8 Å². The molecule has 8 heteroatoms. The second kappa shape index (κ2) is 10.3. The van der Waals surface area contributed by atoms with Crippen LogP contribution in [-0.4, -0.2) is 58.5 Å². The Bertz CT molecular complexity index is 989. The molecule has 1 amide bonds. The maximum absolute atomic E-state index is 13.3. The number of aliphatic hydroxyl groups excluding tert-OH is 1. The average molecular weight is 518 g/mol. The fraction of sp³-hybridized carbons (Fsp3) is 0.793. The SMILES string of the molecule is CC(C)CNC(=O)CCC(=O)OCC(=O)[C@@]1(O)CC[C@@H]2[C@@H]3CCC4=CC(=O)CC[C@]4(C)[C@H]3[C@@H](O)C[C@@]21C. The first-order chi connectivity index (χ1) is 17.3. The number of nitrogens with one attached hydrogen (secondary N) is 1. The summed E-state index contributed by atoms with van der Waals surface area (Å²) in [7, 11) is 0. The van der Waals surface area contributed by atoms with Crippen molar-refractivity contribution >= 4 is 23.4 Å². The van der Waals surface area contributed by atoms with Crippen molar-refractivity contribution < 1.29 is 34.1 Å². The van der Waals surface area contributed by atoms with Crippen LogP contribution in [0.3, 0.4) is 0 Å². The molecule has 4 aliphatic rings. The van der Waals surface area contributed by atoms with Gasteiger partial charge in [-0.05, 0) is 73.7 Å². The first-order valence-corrected chi connectivity index (χ1v) is 13.9. The molecule has 0 aliphatic heterocycles. The molecule has 8 nitrogen and oxygen atoms in total. The average Bonchev–Trinajstić information content (AvgIpc) is 3.11. The Labute approximate surface area is 219 Å². The van der Waals surface area contributed by atoms with Crippen LogP contribution >= 0.6 is 0 Å². The summed E-state index contributed by atoms with van der Waals surface area (Å²) in [5, 5.41) is 25.9. The third-order valence-electron chi connectivity index (χ3n) is 10.1. The number of carbonyl (C=O) groups excluding carboxylic acids is 4. The Balaban J connectivity index is 1.41. The highest BCUT2D eigenvalue weighted by Gasteiger charge is 2.68. The van der Waals surface area contributed by atoms with Gasteiger partial charge in [0.05, 0.1) is 12.5 Å². The van der Waals surface area contributed by atoms with E-state index >= 15 is 0 Å². The monoisotopic (exact) mass is 517 g/mol. The van der Waals surface area contributed by atoms with Crippen molar-refractivity contribution in [2.45, 2.75) is 97.2 Å². The number of ketones is 2. The van der Waals surface area contributed by atoms with Crippen LogP contribution in [0.1, 0.15) is 85.5 Å². The molecular formula is C29H43NO7. The second-order valence-corrected chi connectivity index (χ2v) is 12.8. The Morgan fingerprint density at radius 1 is 1.14 bits per heavy atom. The van der Waals surface area contributed by atoms with Gasteiger partial charge < -0.3 is 20.3 Å². The first kappa shape index (κ1) is 28.0. The van der Waals surface area contributed by atoms with Gasteiger partial charge in [0.15, 0.2) is 12.4 Å². The first-order valence-electron chi connectivity index (χ1n) is 13.9. The van der Waals surface area contributed by atoms with Crippen LogP contribution in [0.5, 0.6) is 0 Å². The summed E-state index contributed by atoms with van der Waals surface area (Å²) in [6, 6.07) is 0. The highest BCUT2D eigenvalue weighted by Crippen LogP contribution is 2.67. The van der Waals surface area contributed by atoms with Gasteiger partial charge in [-0.25, -0.2) is 0 Å². The number of hydrogen-bond acceptors (Lipinski definition) is 7. The van der Waals surface area contributed by atoms with E-state index < -0.39 is 35.5 Å². The van der Waals surface area contributed by atoms with Crippen molar-refractivity contribution in [2.75, 3.05) is 13.2 Å². The van der Waals surface area contributed by atoms with E-state index in [-0.39, 0.29) is 54.1 Å². The fourth-order valence-electron chi connectivity index (χ4n) is 8.11. The molecule has 0 bridgehead atoms. The maximum Gasteiger partial charge on any atom is 0.306 e. The lowest BCUT2D eigenvalue weighted by molar-refractivity contribution is -0.184. The zero-order chi connectivity index (χ0) is 27.2. The van der Waals surface area contributed by atoms with E-state index in [2.05, 4.69) is 12.2 Å². The van der Waals surface area contributed by atoms with Crippen molar-refractivity contribution in [1.82, 2.24) is 5.32 Å². The van der Waals surface area contributed by atoms with Crippen molar-refractivity contribution in [2.24, 2.45) is 34.5 Å². The molecule has 0 heterocycles. The minimum atomic E-state index is -1.68. The third kappa shape index (κ3) is 4.91. The summed E-state index contributed by atoms with van der Waals surface area (Å²) in [5.74, 6) is -0.749. The highest BCUT2D eigenvalue weighted by atomic mass is 16.5. The Morgan fingerprint density at radius 3 is 2.57 bits per heavy atom. The minimum Gasteiger partial charge on any atom is -0.458 e. The van der Waals surface area contributed by atoms with Crippen molar-refractivity contribution in [3.05, 3.63) is 11.6 Å². The molecule has 206 valence electrons. The van der Waals surface area contributed by atoms with Crippen LogP contribution in [0.15, 0.2) is 11.6 Å². The maximum atomic E-state index is 13.3. The van der Waals surface area contributed by atoms with E-state index in [9.17, 15) is 29.4 Å². The lowest BCUT2D eigenvalue weighted by atomic mass is 9.45. The topological polar surface area (TPSA) is 130 Å². The van der Waals surface area contributed by atoms with E-state index in [1.54, 1.807) is 6.08 Å². The van der Waals surface area contributed by atoms with E-state index in [1.165, 1.54) is 0 Å². The van der Waals surface area contributed by atoms with Gasteiger partial charge in [0.25, 0.3) is 0 Å². The largest absolute Gasteiger partial charge is 0.458 e. The lowest BCUT2D eigenvalue weighted by Crippen LogP contribution is -2.62. The number of fused-ring (bicyclic) bond motifs is 5. The fourth-order valence-corrected chi connectivity index (χ4v) is 8.11. The number of hydrogen-bond donors (Lipinski definition) is 3. The number of esters is 1. The smallest absolute Gasteiger partial charge is 0.306 e. The van der Waals surface area contributed by atoms with Crippen LogP contribution in [0.25, 0.3) is 0 Å². The number of rotatable bonds is 8. The summed E-state index contributed by atoms with van der Waals surface area (Å²) in [5.41, 5.74) is -1.60. The number of aliphatic hydroxyl groups is 2. The predicted molar refractivity (Wildman–Crippen MR) is 136 cm³/mol. The molecular weight excluding hydrogens is 474 g/mol. The molecule has 4 rings (SSSR count). The molecule has 3 N–H and O–H groups in total. The molecule has 0 spiro atoms. The summed E-state index contributed by atoms with van der Waals surface area (Å²) in [6.07, 6.45) is 5.04. The highest BCUT2D eigenvalue weighted by molar-refractivity contribution is 5.92. The minimum absolute atomic E-state index is 0.00389. The Morgan fingerprint density at radius 2 is 1.86 bits per heavy atom. The van der Waals surface area contributed by atoms with Gasteiger partial charge in [0.2, 0.25) is 11.7 Å². The lowest BCUT2D eigenvalue weighted by Gasteiger charge is -2.60. The number of Topliss-reactive ketones (excluding diaryl/α,β-unsaturated/α-hetero) is 1. The van der Waals surface area contributed by atoms with Crippen molar-refractivity contribution in [1.29, 1.82) is 0 Å². The van der Waals surface area contributed by atoms with Crippen molar-refractivity contribution in [3.63, 3.8) is 0 Å². The standard InChI is InChI=1S/C29H43NO7/c1-17(2)15-30-24(34)7-8-25(35)37-16-23(33)29(36)12-10-21-20-6-5-18-13-19(31)9-11-27(18,3)26(20)22(32)14-28(21,29)4/h13,17,20-22,26,32,36H,5-12,14-16H2,1-4H3,(H,30,34)/t20-,21+,22-,26+,27-,28-,29-/m0/s1. The number of amides is 1. The molecule has 0 aromatic carbocycles. The third-order valence-corrected chi connectivity index (χ3v) is 10.1. The molecule has 3 saturated carbocycles. The van der Waals surface area contributed by atoms with Crippen LogP contribution in [0, 0.1) is 34.5 Å². The summed E-state index contributed by atoms with van der Waals surface area (Å²) in [6.45, 7) is 8.02. The summed E-state index contributed by atoms with van der Waals surface area (Å²) in [4.78, 5) is 49.4. The molecule has 4 aliphatic carbocycles. The van der Waals surface area contributed by atoms with Gasteiger partial charge in [-0.1, -0.05) is 33.3 Å². The van der Waals surface area contributed by atoms with Crippen LogP contribution in [0.4, 0.5) is 0 Å². The zero-order valence-electron chi connectivity index (χ0n) is 22.7. The predicted octanol–water partition coefficient (Wildman–Crippen LogP) is 2.88. The molecule has 7 atom stereocenters. The summed E-state index contributed by atoms with van der Waals surface area (Å²) < 4.78 is 5.18. The summed E-state index contributed by atoms with van der Waals surface area (Å²) >= 11 is 0. The van der Waals surface area contributed by atoms with Gasteiger partial charge in [-0.2, -0.15) is 0 Å². The van der Waals surface area contributed by atoms with Crippen LogP contribution in [-0.2, 0) is 23.9 Å². The molecule has 0 aromatic rings. The number of allylic oxidation sites excluding steroid dienone is 1. The van der Waals surface area contributed by atoms with E-state index in [0.717, 1.165) is 24.8 Å². The van der Waals surface area contributed by atoms with E-state index in [0.29, 0.717) is 31.7 Å². The van der Waals surface area contributed by atoms with Crippen LogP contribution < -0.4 is 5.32 Å². The van der Waals surface area contributed by atoms with Gasteiger partial charge in [0.1, 0.15) is 5.60 Å². The van der Waals surface area contributed by atoms with Crippen LogP contribution in [0.2, 0.25) is 0 Å². The van der Waals surface area contributed by atoms with Gasteiger partial charge >= 0.3 is 5.97 Å². The van der Waals surface area contributed by atoms with Gasteiger partial charge in [0, 0.05) is 24.8 Å². The zero-order valence-corrected chi connectivity index (χ0v) is 22.7. The van der Waals surface area contributed by atoms with Crippen molar-refractivity contribution in [3.8, 4) is 0 Å². The molecule has 0 radical (unpaired) electrons. The van der Waals surface area contributed by atoms with Gasteiger partial charge in [-0.15, -0.1) is 0 Å². The Hall–Kier alpha value is -2.06. The second-order valence-electron chi connectivity index (χ2n) is 12.8. The molecule has 0 aromatic heterocycles. The Kier molecular flexibility index (Phi) is 7.75. The number of ether oxygens (including phenoxy) is 1. The van der Waals surface area contributed by atoms with Gasteiger partial charge in [-0.3, -0.25) is 19.2 Å². The number of carbonyl (C=O) groups is 4. The molecule has 0 unspecified atom stereocenters.